The number of carbonyl (C=O) groups excluding carboxylic acids is 2. The molecule has 4 aromatic rings. The Morgan fingerprint density at radius 3 is 2.50 bits per heavy atom. The zero-order chi connectivity index (χ0) is 30.0. The van der Waals surface area contributed by atoms with Crippen molar-refractivity contribution in [1.29, 1.82) is 0 Å². The highest BCUT2D eigenvalue weighted by molar-refractivity contribution is 9.10. The number of hydrogen-bond donors (Lipinski definition) is 2. The molecule has 2 heterocycles. The molecule has 0 spiro atoms. The number of rotatable bonds is 6. The molecular weight excluding hydrogens is 635 g/mol. The molecule has 0 saturated carbocycles. The number of nitrogens with zero attached hydrogens (tertiary/aromatic N) is 5. The molecule has 2 N–H and O–H groups in total. The number of nitrogens with one attached hydrogen (secondary N) is 2. The maximum absolute atomic E-state index is 12.8. The van der Waals surface area contributed by atoms with E-state index in [-0.39, 0.29) is 17.7 Å². The molecular formula is C28H23BrF3N7O2S. The van der Waals surface area contributed by atoms with Crippen molar-refractivity contribution in [2.45, 2.75) is 26.1 Å². The number of anilines is 1. The number of amides is 3. The number of hydrazine groups is 1. The molecule has 1 unspecified atom stereocenters. The highest BCUT2D eigenvalue weighted by Crippen LogP contribution is 2.32. The second-order valence-electron chi connectivity index (χ2n) is 9.32. The van der Waals surface area contributed by atoms with Gasteiger partial charge >= 0.3 is 12.2 Å². The van der Waals surface area contributed by atoms with Crippen LogP contribution in [0.2, 0.25) is 0 Å². The van der Waals surface area contributed by atoms with Crippen molar-refractivity contribution in [3.05, 3.63) is 94.2 Å². The van der Waals surface area contributed by atoms with E-state index in [0.29, 0.717) is 27.9 Å². The molecule has 1 aliphatic rings. The number of aliphatic imine (C=N–C) groups is 1. The first-order chi connectivity index (χ1) is 20.0. The third kappa shape index (κ3) is 6.55. The van der Waals surface area contributed by atoms with Crippen LogP contribution in [0.25, 0.3) is 17.1 Å². The molecule has 9 nitrogen and oxygen atoms in total. The van der Waals surface area contributed by atoms with Gasteiger partial charge in [-0.1, -0.05) is 58.0 Å². The monoisotopic (exact) mass is 657 g/mol. The molecule has 1 saturated heterocycles. The van der Waals surface area contributed by atoms with E-state index in [9.17, 15) is 22.8 Å². The molecule has 5 rings (SSSR count). The summed E-state index contributed by atoms with van der Waals surface area (Å²) in [6.07, 6.45) is -2.98. The van der Waals surface area contributed by atoms with E-state index in [1.54, 1.807) is 12.1 Å². The highest BCUT2D eigenvalue weighted by atomic mass is 79.9. The van der Waals surface area contributed by atoms with Crippen molar-refractivity contribution < 1.29 is 22.8 Å². The van der Waals surface area contributed by atoms with Crippen LogP contribution in [0.4, 0.5) is 23.7 Å². The van der Waals surface area contributed by atoms with Gasteiger partial charge in [-0.25, -0.2) is 19.9 Å². The van der Waals surface area contributed by atoms with Gasteiger partial charge in [-0.15, -0.1) is 5.10 Å². The molecule has 0 bridgehead atoms. The summed E-state index contributed by atoms with van der Waals surface area (Å²) >= 11 is 4.61. The number of carbonyl (C=O) groups is 2. The Kier molecular flexibility index (Phi) is 8.48. The van der Waals surface area contributed by atoms with Crippen molar-refractivity contribution in [2.75, 3.05) is 10.7 Å². The minimum absolute atomic E-state index is 0.159. The van der Waals surface area contributed by atoms with Crippen LogP contribution in [-0.2, 0) is 11.0 Å². The van der Waals surface area contributed by atoms with Gasteiger partial charge in [-0.2, -0.15) is 18.2 Å². The summed E-state index contributed by atoms with van der Waals surface area (Å²) in [6.45, 7) is 3.73. The number of alkyl halides is 3. The first kappa shape index (κ1) is 29.5. The summed E-state index contributed by atoms with van der Waals surface area (Å²) in [6, 6.07) is 16.6. The summed E-state index contributed by atoms with van der Waals surface area (Å²) < 4.78 is 40.7. The van der Waals surface area contributed by atoms with E-state index >= 15 is 0 Å². The molecule has 216 valence electrons. The second-order valence-corrected chi connectivity index (χ2v) is 11.2. The van der Waals surface area contributed by atoms with Crippen molar-refractivity contribution in [1.82, 2.24) is 25.6 Å². The van der Waals surface area contributed by atoms with Gasteiger partial charge in [0.1, 0.15) is 6.33 Å². The Labute approximate surface area is 251 Å². The SMILES string of the molecule is Cc1ccc(Br)cc1N1C(=O)CSC1=NC(=O)NNC(C)c1ccc(-c2ncn(-c3ccc(C(F)(F)F)cc3)n2)cc1. The topological polar surface area (TPSA) is 105 Å². The summed E-state index contributed by atoms with van der Waals surface area (Å²) in [4.78, 5) is 35.0. The fourth-order valence-electron chi connectivity index (χ4n) is 4.12. The zero-order valence-electron chi connectivity index (χ0n) is 22.2. The molecule has 1 fully saturated rings. The van der Waals surface area contributed by atoms with Gasteiger partial charge in [-0.3, -0.25) is 15.1 Å². The molecule has 3 aromatic carbocycles. The van der Waals surface area contributed by atoms with E-state index in [1.807, 2.05) is 44.2 Å². The minimum atomic E-state index is -4.41. The molecule has 14 heteroatoms. The van der Waals surface area contributed by atoms with E-state index in [2.05, 4.69) is 41.9 Å². The van der Waals surface area contributed by atoms with E-state index in [4.69, 9.17) is 0 Å². The Morgan fingerprint density at radius 2 is 1.81 bits per heavy atom. The highest BCUT2D eigenvalue weighted by Gasteiger charge is 2.32. The summed E-state index contributed by atoms with van der Waals surface area (Å²) in [7, 11) is 0. The summed E-state index contributed by atoms with van der Waals surface area (Å²) in [5.74, 6) is 0.430. The van der Waals surface area contributed by atoms with Gasteiger partial charge < -0.3 is 0 Å². The number of hydrogen-bond acceptors (Lipinski definition) is 6. The number of amidine groups is 1. The van der Waals surface area contributed by atoms with E-state index in [0.717, 1.165) is 27.7 Å². The number of halogens is 4. The van der Waals surface area contributed by atoms with Gasteiger partial charge in [0, 0.05) is 16.1 Å². The van der Waals surface area contributed by atoms with Crippen molar-refractivity contribution in [3.8, 4) is 17.1 Å². The number of aromatic nitrogens is 3. The third-order valence-electron chi connectivity index (χ3n) is 6.39. The lowest BCUT2D eigenvalue weighted by Gasteiger charge is -2.19. The fourth-order valence-corrected chi connectivity index (χ4v) is 5.32. The standard InChI is InChI=1S/C28H23BrF3N7O2S/c1-16-3-10-21(29)13-23(16)39-24(40)14-42-27(39)34-26(41)36-35-17(2)18-4-6-19(7-5-18)25-33-15-38(37-25)22-11-8-20(9-12-22)28(30,31)32/h3-13,15,17,35H,14H2,1-2H3,(H,36,41). The fraction of sp³-hybridized carbons (Fsp3) is 0.179. The predicted molar refractivity (Wildman–Crippen MR) is 158 cm³/mol. The smallest absolute Gasteiger partial charge is 0.273 e. The van der Waals surface area contributed by atoms with Crippen LogP contribution < -0.4 is 15.8 Å². The number of aryl methyl sites for hydroxylation is 1. The minimum Gasteiger partial charge on any atom is -0.273 e. The van der Waals surface area contributed by atoms with Crippen molar-refractivity contribution >= 4 is 50.5 Å². The molecule has 0 radical (unpaired) electrons. The lowest BCUT2D eigenvalue weighted by molar-refractivity contribution is -0.137. The number of benzene rings is 3. The van der Waals surface area contributed by atoms with Crippen LogP contribution in [-0.4, -0.2) is 37.6 Å². The van der Waals surface area contributed by atoms with Gasteiger partial charge in [0.15, 0.2) is 11.0 Å². The van der Waals surface area contributed by atoms with Crippen LogP contribution in [0.5, 0.6) is 0 Å². The van der Waals surface area contributed by atoms with Gasteiger partial charge in [0.2, 0.25) is 5.91 Å². The number of thioether (sulfide) groups is 1. The second kappa shape index (κ2) is 12.1. The third-order valence-corrected chi connectivity index (χ3v) is 7.81. The molecule has 3 amide bonds. The first-order valence-corrected chi connectivity index (χ1v) is 14.3. The molecule has 42 heavy (non-hydrogen) atoms. The average molecular weight is 659 g/mol. The van der Waals surface area contributed by atoms with Gasteiger partial charge in [-0.05, 0) is 61.4 Å². The van der Waals surface area contributed by atoms with E-state index in [1.165, 1.54) is 39.8 Å². The largest absolute Gasteiger partial charge is 0.416 e. The molecule has 0 aliphatic carbocycles. The first-order valence-electron chi connectivity index (χ1n) is 12.6. The molecule has 1 atom stereocenters. The number of urea groups is 1. The normalized spacial score (nSPS) is 15.3. The average Bonchev–Trinajstić information content (AvgIpc) is 3.60. The predicted octanol–water partition coefficient (Wildman–Crippen LogP) is 6.44. The molecule has 1 aromatic heterocycles. The van der Waals surface area contributed by atoms with Gasteiger partial charge in [0.05, 0.1) is 22.7 Å². The Morgan fingerprint density at radius 1 is 1.10 bits per heavy atom. The summed E-state index contributed by atoms with van der Waals surface area (Å²) in [5, 5.41) is 4.67. The Balaban J connectivity index is 1.20. The van der Waals surface area contributed by atoms with Crippen LogP contribution in [0.3, 0.4) is 0 Å². The van der Waals surface area contributed by atoms with Crippen LogP contribution >= 0.6 is 27.7 Å². The maximum atomic E-state index is 12.8. The van der Waals surface area contributed by atoms with Crippen LogP contribution in [0, 0.1) is 6.92 Å². The quantitative estimate of drug-likeness (QED) is 0.232. The zero-order valence-corrected chi connectivity index (χ0v) is 24.6. The Bertz CT molecular complexity index is 1660. The van der Waals surface area contributed by atoms with Gasteiger partial charge in [0.25, 0.3) is 0 Å². The van der Waals surface area contributed by atoms with E-state index < -0.39 is 17.8 Å². The Hall–Kier alpha value is -4.01. The molecule has 1 aliphatic heterocycles. The van der Waals surface area contributed by atoms with Crippen molar-refractivity contribution in [2.24, 2.45) is 4.99 Å². The maximum Gasteiger partial charge on any atom is 0.416 e. The van der Waals surface area contributed by atoms with Crippen LogP contribution in [0.1, 0.15) is 29.7 Å². The lowest BCUT2D eigenvalue weighted by atomic mass is 10.1. The summed E-state index contributed by atoms with van der Waals surface area (Å²) in [5.41, 5.74) is 8.29. The van der Waals surface area contributed by atoms with Crippen LogP contribution in [0.15, 0.2) is 82.5 Å². The van der Waals surface area contributed by atoms with Crippen molar-refractivity contribution in [3.63, 3.8) is 0 Å². The lowest BCUT2D eigenvalue weighted by Crippen LogP contribution is -2.39.